The van der Waals surface area contributed by atoms with Gasteiger partial charge in [0.25, 0.3) is 0 Å². The van der Waals surface area contributed by atoms with Crippen molar-refractivity contribution in [2.24, 2.45) is 0 Å². The van der Waals surface area contributed by atoms with Crippen LogP contribution in [0.4, 0.5) is 14.4 Å². The van der Waals surface area contributed by atoms with E-state index in [4.69, 9.17) is 14.2 Å². The Morgan fingerprint density at radius 3 is 1.85 bits per heavy atom. The van der Waals surface area contributed by atoms with Crippen molar-refractivity contribution in [3.05, 3.63) is 95.6 Å². The van der Waals surface area contributed by atoms with E-state index in [2.05, 4.69) is 34.9 Å². The highest BCUT2D eigenvalue weighted by atomic mass is 16.6. The van der Waals surface area contributed by atoms with Crippen LogP contribution < -0.4 is 10.6 Å². The summed E-state index contributed by atoms with van der Waals surface area (Å²) in [4.78, 5) is 38.9. The highest BCUT2D eigenvalue weighted by molar-refractivity contribution is 5.79. The van der Waals surface area contributed by atoms with Gasteiger partial charge in [-0.15, -0.1) is 0 Å². The Morgan fingerprint density at radius 2 is 1.27 bits per heavy atom. The molecule has 4 rings (SSSR count). The molecule has 1 aliphatic carbocycles. The second-order valence-corrected chi connectivity index (χ2v) is 10.7. The Labute approximate surface area is 240 Å². The predicted octanol–water partition coefficient (Wildman–Crippen LogP) is 5.69. The Kier molecular flexibility index (Phi) is 9.84. The van der Waals surface area contributed by atoms with E-state index in [0.717, 1.165) is 27.8 Å². The monoisotopic (exact) mass is 559 g/mol. The van der Waals surface area contributed by atoms with Gasteiger partial charge in [-0.1, -0.05) is 78.9 Å². The van der Waals surface area contributed by atoms with Crippen molar-refractivity contribution in [1.29, 1.82) is 0 Å². The first-order chi connectivity index (χ1) is 19.7. The zero-order valence-corrected chi connectivity index (χ0v) is 23.7. The number of fused-ring (bicyclic) bond motifs is 3. The second-order valence-electron chi connectivity index (χ2n) is 10.7. The first-order valence-electron chi connectivity index (χ1n) is 13.7. The second kappa shape index (κ2) is 13.7. The number of alkyl carbamates (subject to hydrolysis) is 2. The van der Waals surface area contributed by atoms with Gasteiger partial charge in [-0.25, -0.2) is 14.4 Å². The number of hydrogen-bond acceptors (Lipinski definition) is 6. The third-order valence-electron chi connectivity index (χ3n) is 6.51. The van der Waals surface area contributed by atoms with Crippen molar-refractivity contribution in [1.82, 2.24) is 15.5 Å². The first-order valence-corrected chi connectivity index (χ1v) is 13.7. The summed E-state index contributed by atoms with van der Waals surface area (Å²) in [6.07, 6.45) is -1.71. The summed E-state index contributed by atoms with van der Waals surface area (Å²) in [7, 11) is 0. The summed E-state index contributed by atoms with van der Waals surface area (Å²) in [5.41, 5.74) is 4.79. The van der Waals surface area contributed by atoms with Gasteiger partial charge in [-0.3, -0.25) is 0 Å². The van der Waals surface area contributed by atoms with Crippen molar-refractivity contribution in [2.45, 2.75) is 38.9 Å². The average molecular weight is 560 g/mol. The van der Waals surface area contributed by atoms with E-state index < -0.39 is 23.9 Å². The van der Waals surface area contributed by atoms with Crippen LogP contribution in [0.25, 0.3) is 11.1 Å². The standard InChI is InChI=1S/C32H37N3O6/c1-32(2,3)41-30(37)34-18-20-35(31(38)40-21-23-11-5-4-6-12-23)19-17-33-29(36)39-22-28-26-15-9-7-13-24(26)25-14-8-10-16-27(25)28/h4-16,28H,17-22H2,1-3H3,(H,33,36)(H,34,37). The first kappa shape index (κ1) is 29.5. The third kappa shape index (κ3) is 8.48. The molecule has 0 heterocycles. The third-order valence-corrected chi connectivity index (χ3v) is 6.51. The van der Waals surface area contributed by atoms with Crippen molar-refractivity contribution in [3.8, 4) is 11.1 Å². The van der Waals surface area contributed by atoms with Crippen molar-refractivity contribution in [3.63, 3.8) is 0 Å². The van der Waals surface area contributed by atoms with E-state index >= 15 is 0 Å². The van der Waals surface area contributed by atoms with Crippen LogP contribution in [0.3, 0.4) is 0 Å². The molecule has 216 valence electrons. The molecule has 0 saturated carbocycles. The van der Waals surface area contributed by atoms with Crippen LogP contribution in [0.5, 0.6) is 0 Å². The van der Waals surface area contributed by atoms with Crippen LogP contribution in [0.1, 0.15) is 43.4 Å². The molecule has 2 N–H and O–H groups in total. The molecular weight excluding hydrogens is 522 g/mol. The maximum atomic E-state index is 12.8. The molecule has 9 heteroatoms. The number of nitrogens with zero attached hydrogens (tertiary/aromatic N) is 1. The number of rotatable bonds is 10. The summed E-state index contributed by atoms with van der Waals surface area (Å²) < 4.78 is 16.3. The number of benzene rings is 3. The Balaban J connectivity index is 1.28. The molecule has 3 aromatic carbocycles. The van der Waals surface area contributed by atoms with Gasteiger partial charge in [0, 0.05) is 32.1 Å². The largest absolute Gasteiger partial charge is 0.449 e. The maximum absolute atomic E-state index is 12.8. The molecule has 1 aliphatic rings. The Bertz CT molecular complexity index is 1290. The molecule has 0 aliphatic heterocycles. The molecule has 0 bridgehead atoms. The number of carbonyl (C=O) groups excluding carboxylic acids is 3. The zero-order valence-electron chi connectivity index (χ0n) is 23.7. The number of nitrogens with one attached hydrogen (secondary N) is 2. The lowest BCUT2D eigenvalue weighted by Crippen LogP contribution is -2.43. The van der Waals surface area contributed by atoms with Crippen LogP contribution in [-0.4, -0.2) is 61.6 Å². The molecule has 0 unspecified atom stereocenters. The molecular formula is C32H37N3O6. The van der Waals surface area contributed by atoms with Crippen LogP contribution in [-0.2, 0) is 20.8 Å². The summed E-state index contributed by atoms with van der Waals surface area (Å²) >= 11 is 0. The van der Waals surface area contributed by atoms with Crippen LogP contribution >= 0.6 is 0 Å². The molecule has 0 radical (unpaired) electrons. The number of amides is 3. The lowest BCUT2D eigenvalue weighted by atomic mass is 9.98. The highest BCUT2D eigenvalue weighted by Crippen LogP contribution is 2.44. The minimum absolute atomic E-state index is 0.0449. The van der Waals surface area contributed by atoms with Gasteiger partial charge in [0.05, 0.1) is 0 Å². The van der Waals surface area contributed by atoms with E-state index in [1.807, 2.05) is 54.6 Å². The van der Waals surface area contributed by atoms with Gasteiger partial charge < -0.3 is 29.7 Å². The van der Waals surface area contributed by atoms with E-state index in [-0.39, 0.29) is 45.3 Å². The predicted molar refractivity (Wildman–Crippen MR) is 156 cm³/mol. The summed E-state index contributed by atoms with van der Waals surface area (Å²) in [5, 5.41) is 5.36. The van der Waals surface area contributed by atoms with Gasteiger partial charge >= 0.3 is 18.3 Å². The quantitative estimate of drug-likeness (QED) is 0.309. The summed E-state index contributed by atoms with van der Waals surface area (Å²) in [5.74, 6) is -0.0449. The SMILES string of the molecule is CC(C)(C)OC(=O)NCCN(CCNC(=O)OCC1c2ccccc2-c2ccccc21)C(=O)OCc1ccccc1. The van der Waals surface area contributed by atoms with E-state index in [1.54, 1.807) is 20.8 Å². The molecule has 0 atom stereocenters. The topological polar surface area (TPSA) is 106 Å². The zero-order chi connectivity index (χ0) is 29.2. The van der Waals surface area contributed by atoms with Crippen LogP contribution in [0.15, 0.2) is 78.9 Å². The molecule has 0 spiro atoms. The minimum atomic E-state index is -0.634. The normalized spacial score (nSPS) is 12.1. The summed E-state index contributed by atoms with van der Waals surface area (Å²) in [6.45, 7) is 6.24. The summed E-state index contributed by atoms with van der Waals surface area (Å²) in [6, 6.07) is 25.6. The number of ether oxygens (including phenoxy) is 3. The molecule has 0 aromatic heterocycles. The lowest BCUT2D eigenvalue weighted by molar-refractivity contribution is 0.0515. The lowest BCUT2D eigenvalue weighted by Gasteiger charge is -2.24. The van der Waals surface area contributed by atoms with Gasteiger partial charge in [0.15, 0.2) is 0 Å². The number of hydrogen-bond donors (Lipinski definition) is 2. The minimum Gasteiger partial charge on any atom is -0.449 e. The molecule has 0 fully saturated rings. The average Bonchev–Trinajstić information content (AvgIpc) is 3.27. The van der Waals surface area contributed by atoms with Crippen LogP contribution in [0, 0.1) is 0 Å². The van der Waals surface area contributed by atoms with Crippen molar-refractivity contribution >= 4 is 18.3 Å². The van der Waals surface area contributed by atoms with Crippen molar-refractivity contribution in [2.75, 3.05) is 32.8 Å². The fourth-order valence-electron chi connectivity index (χ4n) is 4.65. The smallest absolute Gasteiger partial charge is 0.410 e. The fraction of sp³-hybridized carbons (Fsp3) is 0.344. The maximum Gasteiger partial charge on any atom is 0.410 e. The molecule has 3 amide bonds. The fourth-order valence-corrected chi connectivity index (χ4v) is 4.65. The van der Waals surface area contributed by atoms with E-state index in [9.17, 15) is 14.4 Å². The van der Waals surface area contributed by atoms with E-state index in [0.29, 0.717) is 0 Å². The van der Waals surface area contributed by atoms with Gasteiger partial charge in [-0.05, 0) is 48.6 Å². The van der Waals surface area contributed by atoms with Gasteiger partial charge in [0.1, 0.15) is 18.8 Å². The molecule has 3 aromatic rings. The van der Waals surface area contributed by atoms with Crippen LogP contribution in [0.2, 0.25) is 0 Å². The highest BCUT2D eigenvalue weighted by Gasteiger charge is 2.29. The molecule has 0 saturated heterocycles. The number of carbonyl (C=O) groups is 3. The Hall–Kier alpha value is -4.53. The van der Waals surface area contributed by atoms with E-state index in [1.165, 1.54) is 4.90 Å². The van der Waals surface area contributed by atoms with Gasteiger partial charge in [0.2, 0.25) is 0 Å². The van der Waals surface area contributed by atoms with Crippen molar-refractivity contribution < 1.29 is 28.6 Å². The van der Waals surface area contributed by atoms with Gasteiger partial charge in [-0.2, -0.15) is 0 Å². The Morgan fingerprint density at radius 1 is 0.732 bits per heavy atom. The molecule has 9 nitrogen and oxygen atoms in total. The molecule has 41 heavy (non-hydrogen) atoms.